The van der Waals surface area contributed by atoms with Crippen LogP contribution >= 0.6 is 11.6 Å². The van der Waals surface area contributed by atoms with Gasteiger partial charge in [0.15, 0.2) is 11.7 Å². The molecule has 0 unspecified atom stereocenters. The first-order valence-corrected chi connectivity index (χ1v) is 5.17. The van der Waals surface area contributed by atoms with Crippen LogP contribution in [0.5, 0.6) is 0 Å². The zero-order valence-electron chi connectivity index (χ0n) is 9.19. The average molecular weight is 253 g/mol. The van der Waals surface area contributed by atoms with Gasteiger partial charge in [-0.1, -0.05) is 11.6 Å². The maximum absolute atomic E-state index is 11.8. The molecule has 1 amide bonds. The first-order chi connectivity index (χ1) is 8.06. The summed E-state index contributed by atoms with van der Waals surface area (Å²) in [6.45, 7) is 3.37. The van der Waals surface area contributed by atoms with Crippen molar-refractivity contribution in [2.45, 2.75) is 13.8 Å². The van der Waals surface area contributed by atoms with E-state index in [2.05, 4.69) is 20.3 Å². The van der Waals surface area contributed by atoms with Crippen LogP contribution in [0.1, 0.15) is 22.1 Å². The van der Waals surface area contributed by atoms with Crippen LogP contribution in [0.15, 0.2) is 16.8 Å². The predicted molar refractivity (Wildman–Crippen MR) is 61.0 cm³/mol. The highest BCUT2D eigenvalue weighted by Crippen LogP contribution is 2.12. The quantitative estimate of drug-likeness (QED) is 0.884. The summed E-state index contributed by atoms with van der Waals surface area (Å²) in [5.41, 5.74) is 0.530. The highest BCUT2D eigenvalue weighted by Gasteiger charge is 2.16. The third kappa shape index (κ3) is 2.59. The normalized spacial score (nSPS) is 10.3. The Bertz CT molecular complexity index is 550. The van der Waals surface area contributed by atoms with Crippen LogP contribution in [-0.2, 0) is 0 Å². The monoisotopic (exact) mass is 252 g/mol. The molecule has 0 spiro atoms. The van der Waals surface area contributed by atoms with Crippen LogP contribution < -0.4 is 5.32 Å². The number of amides is 1. The molecule has 2 aromatic rings. The minimum Gasteiger partial charge on any atom is -0.436 e. The van der Waals surface area contributed by atoms with Crippen molar-refractivity contribution in [2.24, 2.45) is 0 Å². The zero-order chi connectivity index (χ0) is 12.4. The number of halogens is 1. The molecule has 0 saturated carbocycles. The van der Waals surface area contributed by atoms with Gasteiger partial charge in [-0.25, -0.2) is 15.0 Å². The highest BCUT2D eigenvalue weighted by atomic mass is 35.5. The summed E-state index contributed by atoms with van der Waals surface area (Å²) in [6.07, 6.45) is 2.70. The molecule has 6 nitrogen and oxygen atoms in total. The van der Waals surface area contributed by atoms with Crippen molar-refractivity contribution < 1.29 is 9.21 Å². The molecule has 0 fully saturated rings. The van der Waals surface area contributed by atoms with Gasteiger partial charge in [0.2, 0.25) is 5.76 Å². The Balaban J connectivity index is 2.17. The molecular weight excluding hydrogens is 244 g/mol. The van der Waals surface area contributed by atoms with Gasteiger partial charge in [-0.3, -0.25) is 4.79 Å². The van der Waals surface area contributed by atoms with Crippen molar-refractivity contribution in [3.8, 4) is 0 Å². The van der Waals surface area contributed by atoms with E-state index in [1.807, 2.05) is 0 Å². The van der Waals surface area contributed by atoms with E-state index in [4.69, 9.17) is 16.0 Å². The Morgan fingerprint density at radius 3 is 2.65 bits per heavy atom. The smallest absolute Gasteiger partial charge is 0.294 e. The molecule has 7 heteroatoms. The van der Waals surface area contributed by atoms with E-state index in [1.54, 1.807) is 13.8 Å². The number of hydrogen-bond acceptors (Lipinski definition) is 5. The number of hydrogen-bond donors (Lipinski definition) is 1. The fourth-order valence-electron chi connectivity index (χ4n) is 1.29. The molecule has 2 aromatic heterocycles. The number of anilines is 1. The molecular formula is C10H9ClN4O2. The SMILES string of the molecule is Cc1nc(C)c(C(=O)Nc2cnc(Cl)cn2)o1. The van der Waals surface area contributed by atoms with Crippen molar-refractivity contribution in [2.75, 3.05) is 5.32 Å². The molecule has 0 saturated heterocycles. The lowest BCUT2D eigenvalue weighted by atomic mass is 10.3. The molecule has 2 heterocycles. The van der Waals surface area contributed by atoms with Crippen molar-refractivity contribution in [1.82, 2.24) is 15.0 Å². The maximum Gasteiger partial charge on any atom is 0.294 e. The summed E-state index contributed by atoms with van der Waals surface area (Å²) in [6, 6.07) is 0. The molecule has 17 heavy (non-hydrogen) atoms. The lowest BCUT2D eigenvalue weighted by molar-refractivity contribution is 0.0994. The molecule has 0 atom stereocenters. The van der Waals surface area contributed by atoms with Gasteiger partial charge in [-0.15, -0.1) is 0 Å². The van der Waals surface area contributed by atoms with E-state index in [-0.39, 0.29) is 10.9 Å². The topological polar surface area (TPSA) is 80.9 Å². The van der Waals surface area contributed by atoms with Gasteiger partial charge in [-0.2, -0.15) is 0 Å². The summed E-state index contributed by atoms with van der Waals surface area (Å²) < 4.78 is 5.17. The summed E-state index contributed by atoms with van der Waals surface area (Å²) in [5.74, 6) is 0.488. The van der Waals surface area contributed by atoms with Crippen molar-refractivity contribution in [3.05, 3.63) is 34.9 Å². The molecule has 0 bridgehead atoms. The van der Waals surface area contributed by atoms with E-state index < -0.39 is 5.91 Å². The number of nitrogens with one attached hydrogen (secondary N) is 1. The average Bonchev–Trinajstić information content (AvgIpc) is 2.61. The van der Waals surface area contributed by atoms with Crippen LogP contribution in [0.2, 0.25) is 5.15 Å². The molecule has 0 aliphatic carbocycles. The van der Waals surface area contributed by atoms with Crippen molar-refractivity contribution in [1.29, 1.82) is 0 Å². The Kier molecular flexibility index (Phi) is 3.06. The van der Waals surface area contributed by atoms with Crippen LogP contribution in [0.25, 0.3) is 0 Å². The number of nitrogens with zero attached hydrogens (tertiary/aromatic N) is 3. The number of carbonyl (C=O) groups is 1. The van der Waals surface area contributed by atoms with Crippen molar-refractivity contribution >= 4 is 23.3 Å². The summed E-state index contributed by atoms with van der Waals surface area (Å²) >= 11 is 5.58. The molecule has 0 radical (unpaired) electrons. The highest BCUT2D eigenvalue weighted by molar-refractivity contribution is 6.29. The fourth-order valence-corrected chi connectivity index (χ4v) is 1.39. The summed E-state index contributed by atoms with van der Waals surface area (Å²) in [4.78, 5) is 23.5. The minimum absolute atomic E-state index is 0.166. The zero-order valence-corrected chi connectivity index (χ0v) is 9.95. The number of rotatable bonds is 2. The van der Waals surface area contributed by atoms with Gasteiger partial charge in [0.1, 0.15) is 5.15 Å². The molecule has 0 aromatic carbocycles. The Morgan fingerprint density at radius 2 is 2.12 bits per heavy atom. The van der Waals surface area contributed by atoms with E-state index in [9.17, 15) is 4.79 Å². The van der Waals surface area contributed by atoms with Gasteiger partial charge in [0, 0.05) is 6.92 Å². The Hall–Kier alpha value is -1.95. The third-order valence-corrected chi connectivity index (χ3v) is 2.17. The Labute approximate surface area is 102 Å². The van der Waals surface area contributed by atoms with Gasteiger partial charge < -0.3 is 9.73 Å². The lowest BCUT2D eigenvalue weighted by Crippen LogP contribution is -2.13. The van der Waals surface area contributed by atoms with Crippen LogP contribution in [-0.4, -0.2) is 20.9 Å². The van der Waals surface area contributed by atoms with Crippen LogP contribution in [0, 0.1) is 13.8 Å². The molecule has 0 aliphatic heterocycles. The van der Waals surface area contributed by atoms with Gasteiger partial charge >= 0.3 is 0 Å². The van der Waals surface area contributed by atoms with Gasteiger partial charge in [0.05, 0.1) is 18.1 Å². The molecule has 0 aliphatic rings. The van der Waals surface area contributed by atoms with E-state index >= 15 is 0 Å². The predicted octanol–water partition coefficient (Wildman–Crippen LogP) is 1.99. The fraction of sp³-hybridized carbons (Fsp3) is 0.200. The number of oxazole rings is 1. The second-order valence-electron chi connectivity index (χ2n) is 3.33. The number of aromatic nitrogens is 3. The minimum atomic E-state index is -0.417. The third-order valence-electron chi connectivity index (χ3n) is 1.97. The van der Waals surface area contributed by atoms with Gasteiger partial charge in [-0.05, 0) is 6.92 Å². The molecule has 1 N–H and O–H groups in total. The Morgan fingerprint density at radius 1 is 1.35 bits per heavy atom. The number of aryl methyl sites for hydroxylation is 2. The summed E-state index contributed by atoms with van der Waals surface area (Å²) in [5, 5.41) is 2.79. The van der Waals surface area contributed by atoms with E-state index in [1.165, 1.54) is 12.4 Å². The number of carbonyl (C=O) groups excluding carboxylic acids is 1. The summed E-state index contributed by atoms with van der Waals surface area (Å²) in [7, 11) is 0. The van der Waals surface area contributed by atoms with Gasteiger partial charge in [0.25, 0.3) is 5.91 Å². The first-order valence-electron chi connectivity index (χ1n) is 4.79. The lowest BCUT2D eigenvalue weighted by Gasteiger charge is -2.01. The molecule has 2 rings (SSSR count). The molecule has 88 valence electrons. The van der Waals surface area contributed by atoms with Crippen molar-refractivity contribution in [3.63, 3.8) is 0 Å². The van der Waals surface area contributed by atoms with E-state index in [0.717, 1.165) is 0 Å². The standard InChI is InChI=1S/C10H9ClN4O2/c1-5-9(17-6(2)14-5)10(16)15-8-4-12-7(11)3-13-8/h3-4H,1-2H3,(H,13,15,16). The van der Waals surface area contributed by atoms with Crippen LogP contribution in [0.4, 0.5) is 5.82 Å². The van der Waals surface area contributed by atoms with Crippen LogP contribution in [0.3, 0.4) is 0 Å². The second-order valence-corrected chi connectivity index (χ2v) is 3.71. The first kappa shape index (κ1) is 11.5. The maximum atomic E-state index is 11.8. The van der Waals surface area contributed by atoms with E-state index in [0.29, 0.717) is 17.4 Å². The largest absolute Gasteiger partial charge is 0.436 e. The second kappa shape index (κ2) is 4.50.